The van der Waals surface area contributed by atoms with Gasteiger partial charge in [-0.25, -0.2) is 0 Å². The Hall–Kier alpha value is -1.28. The molecule has 2 aromatic rings. The van der Waals surface area contributed by atoms with Gasteiger partial charge in [0.25, 0.3) is 0 Å². The summed E-state index contributed by atoms with van der Waals surface area (Å²) < 4.78 is 2.25. The maximum absolute atomic E-state index is 9.85. The minimum Gasteiger partial charge on any atom is -0.389 e. The molecule has 1 unspecified atom stereocenters. The van der Waals surface area contributed by atoms with Crippen LogP contribution in [-0.4, -0.2) is 9.67 Å². The molecule has 2 rings (SSSR count). The molecule has 1 N–H and O–H groups in total. The molecule has 0 aliphatic carbocycles. The van der Waals surface area contributed by atoms with Crippen LogP contribution in [0.2, 0.25) is 0 Å². The zero-order valence-electron chi connectivity index (χ0n) is 10.9. The van der Waals surface area contributed by atoms with E-state index >= 15 is 0 Å². The lowest BCUT2D eigenvalue weighted by Crippen LogP contribution is -1.94. The summed E-state index contributed by atoms with van der Waals surface area (Å²) in [5.74, 6) is 0. The van der Waals surface area contributed by atoms with E-state index in [9.17, 15) is 5.11 Å². The Morgan fingerprint density at radius 3 is 2.65 bits per heavy atom. The van der Waals surface area contributed by atoms with Crippen molar-refractivity contribution >= 4 is 10.9 Å². The molecule has 0 fully saturated rings. The topological polar surface area (TPSA) is 25.2 Å². The summed E-state index contributed by atoms with van der Waals surface area (Å²) in [6.07, 6.45) is 3.84. The first-order valence-corrected chi connectivity index (χ1v) is 6.47. The van der Waals surface area contributed by atoms with Gasteiger partial charge in [-0.15, -0.1) is 0 Å². The van der Waals surface area contributed by atoms with Gasteiger partial charge in [0.1, 0.15) is 0 Å². The largest absolute Gasteiger partial charge is 0.389 e. The van der Waals surface area contributed by atoms with Gasteiger partial charge in [0.15, 0.2) is 0 Å². The fourth-order valence-electron chi connectivity index (χ4n) is 2.35. The number of hydrogen-bond acceptors (Lipinski definition) is 1. The Bertz CT molecular complexity index is 511. The standard InChI is InChI=1S/C15H21NO/c1-4-8-16-10-14(11(3)17)13-9-12(5-2)6-7-15(13)16/h6-7,9-11,17H,4-5,8H2,1-3H3. The number of nitrogens with zero attached hydrogens (tertiary/aromatic N) is 1. The molecule has 2 nitrogen and oxygen atoms in total. The van der Waals surface area contributed by atoms with E-state index in [2.05, 4.69) is 42.8 Å². The van der Waals surface area contributed by atoms with Crippen molar-refractivity contribution in [2.75, 3.05) is 0 Å². The zero-order chi connectivity index (χ0) is 12.4. The Morgan fingerprint density at radius 1 is 1.29 bits per heavy atom. The van der Waals surface area contributed by atoms with E-state index in [1.807, 2.05) is 6.92 Å². The Kier molecular flexibility index (Phi) is 3.53. The summed E-state index contributed by atoms with van der Waals surface area (Å²) in [5.41, 5.74) is 3.61. The number of aliphatic hydroxyl groups is 1. The van der Waals surface area contributed by atoms with Gasteiger partial charge < -0.3 is 9.67 Å². The number of benzene rings is 1. The normalized spacial score (nSPS) is 13.2. The minimum absolute atomic E-state index is 0.400. The monoisotopic (exact) mass is 231 g/mol. The Labute approximate surface area is 103 Å². The second kappa shape index (κ2) is 4.92. The van der Waals surface area contributed by atoms with Crippen LogP contribution in [0.3, 0.4) is 0 Å². The number of aromatic nitrogens is 1. The zero-order valence-corrected chi connectivity index (χ0v) is 10.9. The summed E-state index contributed by atoms with van der Waals surface area (Å²) in [4.78, 5) is 0. The van der Waals surface area contributed by atoms with Gasteiger partial charge in [0.05, 0.1) is 6.10 Å². The SMILES string of the molecule is CCCn1cc(C(C)O)c2cc(CC)ccc21. The molecule has 17 heavy (non-hydrogen) atoms. The highest BCUT2D eigenvalue weighted by Crippen LogP contribution is 2.28. The maximum Gasteiger partial charge on any atom is 0.0782 e. The van der Waals surface area contributed by atoms with Gasteiger partial charge in [0.2, 0.25) is 0 Å². The fraction of sp³-hybridized carbons (Fsp3) is 0.467. The molecule has 0 amide bonds. The summed E-state index contributed by atoms with van der Waals surface area (Å²) in [6, 6.07) is 6.57. The van der Waals surface area contributed by atoms with Gasteiger partial charge in [-0.2, -0.15) is 0 Å². The van der Waals surface area contributed by atoms with Gasteiger partial charge in [0, 0.05) is 29.2 Å². The van der Waals surface area contributed by atoms with Gasteiger partial charge in [-0.05, 0) is 37.5 Å². The van der Waals surface area contributed by atoms with Crippen LogP contribution in [0.25, 0.3) is 10.9 Å². The third-order valence-electron chi connectivity index (χ3n) is 3.30. The summed E-state index contributed by atoms with van der Waals surface area (Å²) in [7, 11) is 0. The smallest absolute Gasteiger partial charge is 0.0782 e. The van der Waals surface area contributed by atoms with Crippen molar-refractivity contribution in [1.29, 1.82) is 0 Å². The average molecular weight is 231 g/mol. The summed E-state index contributed by atoms with van der Waals surface area (Å²) in [6.45, 7) is 7.18. The van der Waals surface area contributed by atoms with Crippen molar-refractivity contribution in [3.63, 3.8) is 0 Å². The third-order valence-corrected chi connectivity index (χ3v) is 3.30. The van der Waals surface area contributed by atoms with Crippen molar-refractivity contribution in [2.24, 2.45) is 0 Å². The molecule has 0 aliphatic rings. The number of hydrogen-bond donors (Lipinski definition) is 1. The molecule has 92 valence electrons. The average Bonchev–Trinajstić information content (AvgIpc) is 2.68. The molecule has 1 aromatic heterocycles. The number of aliphatic hydroxyl groups excluding tert-OH is 1. The van der Waals surface area contributed by atoms with E-state index in [4.69, 9.17) is 0 Å². The molecule has 0 saturated heterocycles. The number of rotatable bonds is 4. The molecule has 2 heteroatoms. The lowest BCUT2D eigenvalue weighted by Gasteiger charge is -2.04. The minimum atomic E-state index is -0.400. The molecule has 1 heterocycles. The molecule has 1 atom stereocenters. The molecular weight excluding hydrogens is 210 g/mol. The Morgan fingerprint density at radius 2 is 2.06 bits per heavy atom. The van der Waals surface area contributed by atoms with Crippen LogP contribution in [0.4, 0.5) is 0 Å². The lowest BCUT2D eigenvalue weighted by atomic mass is 10.1. The second-order valence-corrected chi connectivity index (χ2v) is 4.66. The highest BCUT2D eigenvalue weighted by atomic mass is 16.3. The lowest BCUT2D eigenvalue weighted by molar-refractivity contribution is 0.200. The van der Waals surface area contributed by atoms with E-state index < -0.39 is 6.10 Å². The van der Waals surface area contributed by atoms with Gasteiger partial charge in [-0.3, -0.25) is 0 Å². The van der Waals surface area contributed by atoms with E-state index in [1.165, 1.54) is 16.5 Å². The van der Waals surface area contributed by atoms with Crippen molar-refractivity contribution in [3.8, 4) is 0 Å². The summed E-state index contributed by atoms with van der Waals surface area (Å²) >= 11 is 0. The highest BCUT2D eigenvalue weighted by molar-refractivity contribution is 5.85. The van der Waals surface area contributed by atoms with Crippen LogP contribution in [0.1, 0.15) is 44.4 Å². The predicted molar refractivity (Wildman–Crippen MR) is 72.2 cm³/mol. The molecule has 0 radical (unpaired) electrons. The van der Waals surface area contributed by atoms with E-state index in [1.54, 1.807) is 0 Å². The first kappa shape index (κ1) is 12.2. The van der Waals surface area contributed by atoms with Crippen LogP contribution in [0.15, 0.2) is 24.4 Å². The molecule has 0 spiro atoms. The quantitative estimate of drug-likeness (QED) is 0.853. The van der Waals surface area contributed by atoms with E-state index in [-0.39, 0.29) is 0 Å². The third kappa shape index (κ3) is 2.22. The van der Waals surface area contributed by atoms with Crippen molar-refractivity contribution in [2.45, 2.75) is 46.3 Å². The van der Waals surface area contributed by atoms with Gasteiger partial charge >= 0.3 is 0 Å². The fourth-order valence-corrected chi connectivity index (χ4v) is 2.35. The highest BCUT2D eigenvalue weighted by Gasteiger charge is 2.12. The molecular formula is C15H21NO. The molecule has 0 aliphatic heterocycles. The number of aryl methyl sites for hydroxylation is 2. The summed E-state index contributed by atoms with van der Waals surface area (Å²) in [5, 5.41) is 11.1. The molecule has 0 bridgehead atoms. The van der Waals surface area contributed by atoms with Crippen LogP contribution in [-0.2, 0) is 13.0 Å². The van der Waals surface area contributed by atoms with Gasteiger partial charge in [-0.1, -0.05) is 19.9 Å². The Balaban J connectivity index is 2.63. The van der Waals surface area contributed by atoms with Crippen molar-refractivity contribution in [3.05, 3.63) is 35.5 Å². The van der Waals surface area contributed by atoms with Crippen LogP contribution >= 0.6 is 0 Å². The first-order chi connectivity index (χ1) is 8.17. The van der Waals surface area contributed by atoms with Crippen LogP contribution in [0, 0.1) is 0 Å². The second-order valence-electron chi connectivity index (χ2n) is 4.66. The first-order valence-electron chi connectivity index (χ1n) is 6.47. The number of fused-ring (bicyclic) bond motifs is 1. The maximum atomic E-state index is 9.85. The predicted octanol–water partition coefficient (Wildman–Crippen LogP) is 3.67. The molecule has 1 aromatic carbocycles. The molecule has 0 saturated carbocycles. The van der Waals surface area contributed by atoms with E-state index in [0.717, 1.165) is 24.9 Å². The van der Waals surface area contributed by atoms with Crippen LogP contribution in [0.5, 0.6) is 0 Å². The van der Waals surface area contributed by atoms with Crippen LogP contribution < -0.4 is 0 Å². The van der Waals surface area contributed by atoms with Crippen molar-refractivity contribution < 1.29 is 5.11 Å². The van der Waals surface area contributed by atoms with E-state index in [0.29, 0.717) is 0 Å². The van der Waals surface area contributed by atoms with Crippen molar-refractivity contribution in [1.82, 2.24) is 4.57 Å².